The predicted octanol–water partition coefficient (Wildman–Crippen LogP) is 15.4. The molecule has 0 aliphatic rings. The summed E-state index contributed by atoms with van der Waals surface area (Å²) in [4.78, 5) is 24.4. The predicted molar refractivity (Wildman–Crippen MR) is 233 cm³/mol. The van der Waals surface area contributed by atoms with Crippen molar-refractivity contribution in [3.63, 3.8) is 0 Å². The lowest BCUT2D eigenvalue weighted by Crippen LogP contribution is -2.28. The SMILES string of the molecule is CCCCC/C=C/C/C=C/CCCCCCCCCC(=O)O[C@@H](CO)COC(=O)CCCCCCCCCCCCCCCCCCCCCCCCC. The van der Waals surface area contributed by atoms with Crippen LogP contribution in [0.3, 0.4) is 0 Å². The van der Waals surface area contributed by atoms with Crippen molar-refractivity contribution in [2.45, 2.75) is 264 Å². The van der Waals surface area contributed by atoms with Gasteiger partial charge in [0, 0.05) is 12.8 Å². The summed E-state index contributed by atoms with van der Waals surface area (Å²) in [6.45, 7) is 4.14. The third kappa shape index (κ3) is 43.1. The summed E-state index contributed by atoms with van der Waals surface area (Å²) in [7, 11) is 0. The number of hydrogen-bond acceptors (Lipinski definition) is 5. The molecule has 0 radical (unpaired) electrons. The monoisotopic (exact) mass is 761 g/mol. The van der Waals surface area contributed by atoms with Crippen molar-refractivity contribution in [3.05, 3.63) is 24.3 Å². The summed E-state index contributed by atoms with van der Waals surface area (Å²) in [5, 5.41) is 9.60. The van der Waals surface area contributed by atoms with Gasteiger partial charge in [0.25, 0.3) is 0 Å². The molecule has 0 aromatic carbocycles. The van der Waals surface area contributed by atoms with Gasteiger partial charge in [0.15, 0.2) is 6.10 Å². The lowest BCUT2D eigenvalue weighted by atomic mass is 10.0. The minimum absolute atomic E-state index is 0.0641. The lowest BCUT2D eigenvalue weighted by molar-refractivity contribution is -0.161. The van der Waals surface area contributed by atoms with Crippen molar-refractivity contribution in [3.8, 4) is 0 Å². The maximum Gasteiger partial charge on any atom is 0.306 e. The second-order valence-electron chi connectivity index (χ2n) is 16.2. The molecule has 0 saturated heterocycles. The molecule has 1 atom stereocenters. The van der Waals surface area contributed by atoms with Crippen LogP contribution in [0.1, 0.15) is 258 Å². The number of unbranched alkanes of at least 4 members (excludes halogenated alkanes) is 32. The van der Waals surface area contributed by atoms with Gasteiger partial charge in [-0.3, -0.25) is 9.59 Å². The summed E-state index contributed by atoms with van der Waals surface area (Å²) in [6, 6.07) is 0. The lowest BCUT2D eigenvalue weighted by Gasteiger charge is -2.15. The first-order valence-electron chi connectivity index (χ1n) is 23.9. The van der Waals surface area contributed by atoms with Crippen LogP contribution < -0.4 is 0 Å². The first-order valence-corrected chi connectivity index (χ1v) is 23.9. The molecule has 0 aromatic rings. The van der Waals surface area contributed by atoms with Gasteiger partial charge in [-0.15, -0.1) is 0 Å². The van der Waals surface area contributed by atoms with Crippen molar-refractivity contribution in [2.75, 3.05) is 13.2 Å². The number of carbonyl (C=O) groups is 2. The second kappa shape index (κ2) is 45.8. The van der Waals surface area contributed by atoms with Crippen LogP contribution >= 0.6 is 0 Å². The highest BCUT2D eigenvalue weighted by atomic mass is 16.6. The van der Waals surface area contributed by atoms with Crippen LogP contribution in [-0.4, -0.2) is 36.4 Å². The van der Waals surface area contributed by atoms with Crippen LogP contribution in [0.15, 0.2) is 24.3 Å². The Hall–Kier alpha value is -1.62. The van der Waals surface area contributed by atoms with Crippen LogP contribution in [-0.2, 0) is 19.1 Å². The Morgan fingerprint density at radius 2 is 0.741 bits per heavy atom. The Kier molecular flexibility index (Phi) is 44.4. The molecule has 0 rings (SSSR count). The molecule has 0 aromatic heterocycles. The quantitative estimate of drug-likeness (QED) is 0.0380. The zero-order valence-corrected chi connectivity index (χ0v) is 36.3. The summed E-state index contributed by atoms with van der Waals surface area (Å²) >= 11 is 0. The van der Waals surface area contributed by atoms with Gasteiger partial charge in [-0.05, 0) is 44.9 Å². The molecule has 0 aliphatic heterocycles. The Bertz CT molecular complexity index is 821. The maximum absolute atomic E-state index is 12.2. The molecule has 5 nitrogen and oxygen atoms in total. The molecular formula is C49H92O5. The van der Waals surface area contributed by atoms with Crippen molar-refractivity contribution < 1.29 is 24.2 Å². The van der Waals surface area contributed by atoms with Crippen LogP contribution in [0.4, 0.5) is 0 Å². The molecule has 0 amide bonds. The molecule has 0 spiro atoms. The van der Waals surface area contributed by atoms with Gasteiger partial charge in [0.05, 0.1) is 6.61 Å². The summed E-state index contributed by atoms with van der Waals surface area (Å²) < 4.78 is 10.7. The van der Waals surface area contributed by atoms with E-state index in [-0.39, 0.29) is 25.2 Å². The van der Waals surface area contributed by atoms with Gasteiger partial charge < -0.3 is 14.6 Å². The van der Waals surface area contributed by atoms with E-state index in [4.69, 9.17) is 9.47 Å². The van der Waals surface area contributed by atoms with E-state index in [2.05, 4.69) is 38.2 Å². The molecule has 0 saturated carbocycles. The zero-order valence-electron chi connectivity index (χ0n) is 36.3. The Balaban J connectivity index is 3.47. The molecule has 5 heteroatoms. The summed E-state index contributed by atoms with van der Waals surface area (Å²) in [5.74, 6) is -0.586. The highest BCUT2D eigenvalue weighted by molar-refractivity contribution is 5.70. The Morgan fingerprint density at radius 3 is 1.13 bits per heavy atom. The zero-order chi connectivity index (χ0) is 39.3. The summed E-state index contributed by atoms with van der Waals surface area (Å²) in [6.07, 6.45) is 55.5. The molecular weight excluding hydrogens is 669 g/mol. The Morgan fingerprint density at radius 1 is 0.426 bits per heavy atom. The first-order chi connectivity index (χ1) is 26.6. The van der Waals surface area contributed by atoms with E-state index in [1.165, 1.54) is 180 Å². The Labute approximate surface area is 336 Å². The van der Waals surface area contributed by atoms with Crippen LogP contribution in [0.25, 0.3) is 0 Å². The van der Waals surface area contributed by atoms with Gasteiger partial charge in [-0.25, -0.2) is 0 Å². The smallest absolute Gasteiger partial charge is 0.306 e. The molecule has 318 valence electrons. The third-order valence-electron chi connectivity index (χ3n) is 10.7. The first kappa shape index (κ1) is 52.4. The van der Waals surface area contributed by atoms with Crippen LogP contribution in [0, 0.1) is 0 Å². The standard InChI is InChI=1S/C49H92O5/c1-3-5-7-9-11-13-15-17-19-21-22-23-24-25-26-28-29-31-33-35-37-39-41-43-48(51)53-46-47(45-50)54-49(52)44-42-40-38-36-34-32-30-27-20-18-16-14-12-10-8-6-4-2/h12,14,18,20,47,50H,3-11,13,15-17,19,21-46H2,1-2H3/b14-12+,20-18+/t47-/m0/s1. The average molecular weight is 761 g/mol. The number of esters is 2. The van der Waals surface area contributed by atoms with E-state index in [1.54, 1.807) is 0 Å². The van der Waals surface area contributed by atoms with Gasteiger partial charge in [0.2, 0.25) is 0 Å². The van der Waals surface area contributed by atoms with Gasteiger partial charge in [-0.1, -0.05) is 224 Å². The molecule has 1 N–H and O–H groups in total. The summed E-state index contributed by atoms with van der Waals surface area (Å²) in [5.41, 5.74) is 0. The number of aliphatic hydroxyl groups is 1. The van der Waals surface area contributed by atoms with E-state index in [9.17, 15) is 14.7 Å². The van der Waals surface area contributed by atoms with E-state index >= 15 is 0 Å². The van der Waals surface area contributed by atoms with Crippen LogP contribution in [0.2, 0.25) is 0 Å². The highest BCUT2D eigenvalue weighted by Gasteiger charge is 2.16. The highest BCUT2D eigenvalue weighted by Crippen LogP contribution is 2.16. The van der Waals surface area contributed by atoms with Crippen molar-refractivity contribution in [1.82, 2.24) is 0 Å². The minimum atomic E-state index is -0.772. The van der Waals surface area contributed by atoms with E-state index in [0.717, 1.165) is 51.4 Å². The molecule has 54 heavy (non-hydrogen) atoms. The molecule has 0 bridgehead atoms. The van der Waals surface area contributed by atoms with Gasteiger partial charge in [0.1, 0.15) is 6.61 Å². The molecule has 0 heterocycles. The van der Waals surface area contributed by atoms with E-state index in [1.807, 2.05) is 0 Å². The van der Waals surface area contributed by atoms with Crippen molar-refractivity contribution in [1.29, 1.82) is 0 Å². The van der Waals surface area contributed by atoms with E-state index in [0.29, 0.717) is 12.8 Å². The number of ether oxygens (including phenoxy) is 2. The molecule has 0 unspecified atom stereocenters. The number of hydrogen-bond donors (Lipinski definition) is 1. The molecule has 0 fully saturated rings. The van der Waals surface area contributed by atoms with Gasteiger partial charge >= 0.3 is 11.9 Å². The van der Waals surface area contributed by atoms with Gasteiger partial charge in [-0.2, -0.15) is 0 Å². The topological polar surface area (TPSA) is 72.8 Å². The normalized spacial score (nSPS) is 12.3. The fourth-order valence-electron chi connectivity index (χ4n) is 7.12. The van der Waals surface area contributed by atoms with E-state index < -0.39 is 6.10 Å². The minimum Gasteiger partial charge on any atom is -0.462 e. The van der Waals surface area contributed by atoms with Crippen molar-refractivity contribution >= 4 is 11.9 Å². The van der Waals surface area contributed by atoms with Crippen LogP contribution in [0.5, 0.6) is 0 Å². The number of rotatable bonds is 44. The molecule has 0 aliphatic carbocycles. The number of aliphatic hydroxyl groups excluding tert-OH is 1. The fraction of sp³-hybridized carbons (Fsp3) is 0.878. The number of allylic oxidation sites excluding steroid dienone is 4. The third-order valence-corrected chi connectivity index (χ3v) is 10.7. The number of carbonyl (C=O) groups excluding carboxylic acids is 2. The largest absolute Gasteiger partial charge is 0.462 e. The average Bonchev–Trinajstić information content (AvgIpc) is 3.17. The second-order valence-corrected chi connectivity index (χ2v) is 16.2. The van der Waals surface area contributed by atoms with Crippen molar-refractivity contribution in [2.24, 2.45) is 0 Å². The fourth-order valence-corrected chi connectivity index (χ4v) is 7.12. The maximum atomic E-state index is 12.2.